The Hall–Kier alpha value is -2.03. The molecule has 7 nitrogen and oxygen atoms in total. The molecular formula is C17H22N4O3S. The van der Waals surface area contributed by atoms with Crippen LogP contribution in [0.2, 0.25) is 0 Å². The fraction of sp³-hybridized carbons (Fsp3) is 0.412. The van der Waals surface area contributed by atoms with Gasteiger partial charge < -0.3 is 5.32 Å². The van der Waals surface area contributed by atoms with Crippen LogP contribution < -0.4 is 5.32 Å². The highest BCUT2D eigenvalue weighted by Crippen LogP contribution is 2.25. The summed E-state index contributed by atoms with van der Waals surface area (Å²) in [5.74, 6) is -0.285. The zero-order valence-corrected chi connectivity index (χ0v) is 15.2. The van der Waals surface area contributed by atoms with Gasteiger partial charge in [0, 0.05) is 44.7 Å². The van der Waals surface area contributed by atoms with Gasteiger partial charge in [-0.2, -0.15) is 17.0 Å². The van der Waals surface area contributed by atoms with Crippen LogP contribution in [0.3, 0.4) is 0 Å². The van der Waals surface area contributed by atoms with Gasteiger partial charge >= 0.3 is 0 Å². The first-order chi connectivity index (χ1) is 11.9. The minimum absolute atomic E-state index is 0.0833. The standard InChI is InChI=1S/C17H22N4O3S/c1-20(2)25(23,24)21-11-8-14(9-12-21)17(22)19-15-7-3-5-13-6-4-10-18-16(13)15/h3-7,10,14H,8-9,11-12H2,1-2H3,(H,19,22). The molecule has 0 unspecified atom stereocenters. The molecule has 3 rings (SSSR count). The maximum atomic E-state index is 12.6. The summed E-state index contributed by atoms with van der Waals surface area (Å²) in [6.07, 6.45) is 2.72. The third-order valence-corrected chi connectivity index (χ3v) is 6.44. The molecule has 2 heterocycles. The number of para-hydroxylation sites is 1. The van der Waals surface area contributed by atoms with Crippen molar-refractivity contribution in [2.75, 3.05) is 32.5 Å². The molecule has 25 heavy (non-hydrogen) atoms. The van der Waals surface area contributed by atoms with E-state index in [1.54, 1.807) is 6.20 Å². The maximum Gasteiger partial charge on any atom is 0.281 e. The molecule has 8 heteroatoms. The molecule has 1 amide bonds. The number of hydrogen-bond donors (Lipinski definition) is 1. The number of aromatic nitrogens is 1. The first-order valence-electron chi connectivity index (χ1n) is 8.22. The van der Waals surface area contributed by atoms with E-state index in [2.05, 4.69) is 10.3 Å². The molecule has 0 atom stereocenters. The van der Waals surface area contributed by atoms with Gasteiger partial charge in [-0.25, -0.2) is 0 Å². The Morgan fingerprint density at radius 3 is 2.56 bits per heavy atom. The molecule has 0 spiro atoms. The molecule has 0 saturated carbocycles. The molecule has 1 aromatic heterocycles. The number of piperidine rings is 1. The molecule has 1 N–H and O–H groups in total. The smallest absolute Gasteiger partial charge is 0.281 e. The fourth-order valence-corrected chi connectivity index (χ4v) is 4.15. The van der Waals surface area contributed by atoms with E-state index < -0.39 is 10.2 Å². The van der Waals surface area contributed by atoms with E-state index in [-0.39, 0.29) is 11.8 Å². The molecular weight excluding hydrogens is 340 g/mol. The van der Waals surface area contributed by atoms with Gasteiger partial charge in [-0.1, -0.05) is 18.2 Å². The van der Waals surface area contributed by atoms with Crippen molar-refractivity contribution in [1.82, 2.24) is 13.6 Å². The van der Waals surface area contributed by atoms with E-state index in [0.29, 0.717) is 31.6 Å². The summed E-state index contributed by atoms with van der Waals surface area (Å²) in [7, 11) is -0.381. The lowest BCUT2D eigenvalue weighted by atomic mass is 9.97. The average molecular weight is 362 g/mol. The first kappa shape index (κ1) is 17.8. The minimum Gasteiger partial charge on any atom is -0.324 e. The molecule has 1 aliphatic rings. The zero-order chi connectivity index (χ0) is 18.0. The van der Waals surface area contributed by atoms with Crippen LogP contribution in [0.5, 0.6) is 0 Å². The van der Waals surface area contributed by atoms with Crippen LogP contribution in [-0.2, 0) is 15.0 Å². The topological polar surface area (TPSA) is 82.6 Å². The van der Waals surface area contributed by atoms with E-state index in [1.807, 2.05) is 30.3 Å². The second-order valence-electron chi connectivity index (χ2n) is 6.33. The van der Waals surface area contributed by atoms with Crippen molar-refractivity contribution in [3.8, 4) is 0 Å². The van der Waals surface area contributed by atoms with Crippen molar-refractivity contribution < 1.29 is 13.2 Å². The molecule has 0 bridgehead atoms. The van der Waals surface area contributed by atoms with Gasteiger partial charge in [-0.3, -0.25) is 9.78 Å². The molecule has 134 valence electrons. The first-order valence-corrected chi connectivity index (χ1v) is 9.61. The number of carbonyl (C=O) groups is 1. The third-order valence-electron chi connectivity index (χ3n) is 4.50. The highest BCUT2D eigenvalue weighted by molar-refractivity contribution is 7.86. The second kappa shape index (κ2) is 7.07. The van der Waals surface area contributed by atoms with E-state index in [0.717, 1.165) is 10.9 Å². The van der Waals surface area contributed by atoms with Crippen LogP contribution >= 0.6 is 0 Å². The fourth-order valence-electron chi connectivity index (χ4n) is 3.02. The van der Waals surface area contributed by atoms with Crippen LogP contribution in [0.15, 0.2) is 36.5 Å². The highest BCUT2D eigenvalue weighted by atomic mass is 32.2. The highest BCUT2D eigenvalue weighted by Gasteiger charge is 2.32. The van der Waals surface area contributed by atoms with Crippen molar-refractivity contribution in [3.63, 3.8) is 0 Å². The van der Waals surface area contributed by atoms with E-state index in [1.165, 1.54) is 22.7 Å². The Kier molecular flexibility index (Phi) is 5.03. The number of hydrogen-bond acceptors (Lipinski definition) is 4. The number of benzene rings is 1. The maximum absolute atomic E-state index is 12.6. The zero-order valence-electron chi connectivity index (χ0n) is 14.3. The number of nitrogens with one attached hydrogen (secondary N) is 1. The largest absolute Gasteiger partial charge is 0.324 e. The van der Waals surface area contributed by atoms with Crippen molar-refractivity contribution in [2.45, 2.75) is 12.8 Å². The lowest BCUT2D eigenvalue weighted by molar-refractivity contribution is -0.120. The molecule has 1 aliphatic heterocycles. The average Bonchev–Trinajstić information content (AvgIpc) is 2.62. The number of anilines is 1. The minimum atomic E-state index is -3.41. The van der Waals surface area contributed by atoms with Crippen LogP contribution in [-0.4, -0.2) is 55.1 Å². The van der Waals surface area contributed by atoms with Crippen LogP contribution in [0.1, 0.15) is 12.8 Å². The van der Waals surface area contributed by atoms with Crippen molar-refractivity contribution in [2.24, 2.45) is 5.92 Å². The third kappa shape index (κ3) is 3.65. The van der Waals surface area contributed by atoms with Gasteiger partial charge in [0.05, 0.1) is 11.2 Å². The molecule has 1 fully saturated rings. The van der Waals surface area contributed by atoms with E-state index >= 15 is 0 Å². The normalized spacial score (nSPS) is 17.1. The summed E-state index contributed by atoms with van der Waals surface area (Å²) in [5, 5.41) is 3.92. The van der Waals surface area contributed by atoms with Gasteiger partial charge in [0.25, 0.3) is 10.2 Å². The summed E-state index contributed by atoms with van der Waals surface area (Å²) >= 11 is 0. The second-order valence-corrected chi connectivity index (χ2v) is 8.48. The Labute approximate surface area is 147 Å². The SMILES string of the molecule is CN(C)S(=O)(=O)N1CCC(C(=O)Nc2cccc3cccnc23)CC1. The van der Waals surface area contributed by atoms with E-state index in [4.69, 9.17) is 0 Å². The predicted octanol–water partition coefficient (Wildman–Crippen LogP) is 1.69. The summed E-state index contributed by atoms with van der Waals surface area (Å²) < 4.78 is 26.9. The number of amides is 1. The molecule has 2 aromatic rings. The van der Waals surface area contributed by atoms with Crippen LogP contribution in [0.25, 0.3) is 10.9 Å². The summed E-state index contributed by atoms with van der Waals surface area (Å²) in [6, 6.07) is 9.46. The van der Waals surface area contributed by atoms with Gasteiger partial charge in [-0.05, 0) is 25.0 Å². The number of rotatable bonds is 4. The van der Waals surface area contributed by atoms with Gasteiger partial charge in [0.2, 0.25) is 5.91 Å². The van der Waals surface area contributed by atoms with Gasteiger partial charge in [-0.15, -0.1) is 0 Å². The van der Waals surface area contributed by atoms with Crippen molar-refractivity contribution in [1.29, 1.82) is 0 Å². The predicted molar refractivity (Wildman–Crippen MR) is 97.3 cm³/mol. The molecule has 1 saturated heterocycles. The Bertz CT molecular complexity index is 869. The molecule has 1 aromatic carbocycles. The summed E-state index contributed by atoms with van der Waals surface area (Å²) in [6.45, 7) is 0.707. The lowest BCUT2D eigenvalue weighted by Crippen LogP contribution is -2.46. The molecule has 0 radical (unpaired) electrons. The summed E-state index contributed by atoms with van der Waals surface area (Å²) in [4.78, 5) is 16.9. The van der Waals surface area contributed by atoms with Crippen molar-refractivity contribution in [3.05, 3.63) is 36.5 Å². The Morgan fingerprint density at radius 2 is 1.88 bits per heavy atom. The number of nitrogens with zero attached hydrogens (tertiary/aromatic N) is 3. The number of carbonyl (C=O) groups excluding carboxylic acids is 1. The molecule has 0 aliphatic carbocycles. The van der Waals surface area contributed by atoms with Crippen molar-refractivity contribution >= 4 is 32.7 Å². The monoisotopic (exact) mass is 362 g/mol. The summed E-state index contributed by atoms with van der Waals surface area (Å²) in [5.41, 5.74) is 1.44. The van der Waals surface area contributed by atoms with Crippen LogP contribution in [0.4, 0.5) is 5.69 Å². The van der Waals surface area contributed by atoms with Gasteiger partial charge in [0.1, 0.15) is 0 Å². The number of pyridine rings is 1. The van der Waals surface area contributed by atoms with Gasteiger partial charge in [0.15, 0.2) is 0 Å². The van der Waals surface area contributed by atoms with E-state index in [9.17, 15) is 13.2 Å². The Balaban J connectivity index is 1.67. The lowest BCUT2D eigenvalue weighted by Gasteiger charge is -2.32. The Morgan fingerprint density at radius 1 is 1.20 bits per heavy atom. The van der Waals surface area contributed by atoms with Crippen LogP contribution in [0, 0.1) is 5.92 Å². The number of fused-ring (bicyclic) bond motifs is 1. The quantitative estimate of drug-likeness (QED) is 0.897.